The average molecular weight is 338 g/mol. The minimum absolute atomic E-state index is 0.00416. The number of hydrogen-bond acceptors (Lipinski definition) is 1. The van der Waals surface area contributed by atoms with Crippen LogP contribution in [-0.2, 0) is 12.7 Å². The fraction of sp³-hybridized carbons (Fsp3) is 0.143. The zero-order valence-electron chi connectivity index (χ0n) is 10.4. The second-order valence-electron chi connectivity index (χ2n) is 4.25. The highest BCUT2D eigenvalue weighted by molar-refractivity contribution is 6.39. The molecule has 0 saturated heterocycles. The second kappa shape index (κ2) is 6.12. The first-order chi connectivity index (χ1) is 9.79. The Bertz CT molecular complexity index is 633. The van der Waals surface area contributed by atoms with Crippen LogP contribution in [0.15, 0.2) is 36.4 Å². The van der Waals surface area contributed by atoms with Gasteiger partial charge in [0.05, 0.1) is 21.3 Å². The van der Waals surface area contributed by atoms with E-state index >= 15 is 0 Å². The van der Waals surface area contributed by atoms with Crippen LogP contribution in [0.25, 0.3) is 0 Å². The molecule has 2 aromatic rings. The predicted molar refractivity (Wildman–Crippen MR) is 75.2 cm³/mol. The normalized spacial score (nSPS) is 11.5. The maximum absolute atomic E-state index is 13.0. The Morgan fingerprint density at radius 2 is 1.57 bits per heavy atom. The summed E-state index contributed by atoms with van der Waals surface area (Å²) in [4.78, 5) is 0. The summed E-state index contributed by atoms with van der Waals surface area (Å²) in [6.45, 7) is -0.138. The van der Waals surface area contributed by atoms with Crippen molar-refractivity contribution in [1.82, 2.24) is 0 Å². The zero-order chi connectivity index (χ0) is 15.6. The first-order valence-electron chi connectivity index (χ1n) is 5.82. The Balaban J connectivity index is 2.26. The van der Waals surface area contributed by atoms with Crippen molar-refractivity contribution in [1.29, 1.82) is 0 Å². The van der Waals surface area contributed by atoms with E-state index in [0.717, 1.165) is 18.2 Å². The van der Waals surface area contributed by atoms with Gasteiger partial charge in [-0.25, -0.2) is 4.39 Å². The number of hydrogen-bond donors (Lipinski definition) is 1. The van der Waals surface area contributed by atoms with Crippen LogP contribution in [-0.4, -0.2) is 0 Å². The summed E-state index contributed by atoms with van der Waals surface area (Å²) in [5.74, 6) is -0.619. The number of nitrogens with one attached hydrogen (secondary N) is 1. The fourth-order valence-electron chi connectivity index (χ4n) is 1.85. The van der Waals surface area contributed by atoms with E-state index in [-0.39, 0.29) is 27.8 Å². The second-order valence-corrected chi connectivity index (χ2v) is 5.07. The molecule has 0 atom stereocenters. The van der Waals surface area contributed by atoms with Gasteiger partial charge in [-0.15, -0.1) is 0 Å². The third-order valence-electron chi connectivity index (χ3n) is 2.79. The highest BCUT2D eigenvalue weighted by Crippen LogP contribution is 2.34. The third-order valence-corrected chi connectivity index (χ3v) is 3.38. The molecule has 0 heterocycles. The molecule has 2 aromatic carbocycles. The first-order valence-corrected chi connectivity index (χ1v) is 6.58. The highest BCUT2D eigenvalue weighted by Gasteiger charge is 2.32. The Morgan fingerprint density at radius 1 is 1.00 bits per heavy atom. The summed E-state index contributed by atoms with van der Waals surface area (Å²) in [6.07, 6.45) is -4.45. The van der Waals surface area contributed by atoms with Crippen LogP contribution < -0.4 is 5.32 Å². The van der Waals surface area contributed by atoms with E-state index in [2.05, 4.69) is 5.32 Å². The van der Waals surface area contributed by atoms with Crippen LogP contribution >= 0.6 is 23.2 Å². The summed E-state index contributed by atoms with van der Waals surface area (Å²) >= 11 is 11.6. The summed E-state index contributed by atoms with van der Waals surface area (Å²) in [5, 5.41) is 2.71. The zero-order valence-corrected chi connectivity index (χ0v) is 12.0. The van der Waals surface area contributed by atoms with E-state index < -0.39 is 17.6 Å². The lowest BCUT2D eigenvalue weighted by Crippen LogP contribution is -2.12. The topological polar surface area (TPSA) is 12.0 Å². The minimum Gasteiger partial charge on any atom is -0.379 e. The van der Waals surface area contributed by atoms with Gasteiger partial charge in [-0.2, -0.15) is 13.2 Å². The van der Waals surface area contributed by atoms with Gasteiger partial charge < -0.3 is 5.32 Å². The lowest BCUT2D eigenvalue weighted by atomic mass is 10.1. The average Bonchev–Trinajstić information content (AvgIpc) is 2.36. The molecule has 0 spiro atoms. The number of benzene rings is 2. The summed E-state index contributed by atoms with van der Waals surface area (Å²) in [5.41, 5.74) is -0.509. The van der Waals surface area contributed by atoms with Crippen LogP contribution in [0.3, 0.4) is 0 Å². The lowest BCUT2D eigenvalue weighted by molar-refractivity contribution is -0.138. The van der Waals surface area contributed by atoms with E-state index in [9.17, 15) is 17.6 Å². The molecule has 0 radical (unpaired) electrons. The standard InChI is InChI=1S/C14H9Cl2F4N/c15-11-5-9(17)6-12(16)13(11)21-7-8-3-1-2-4-10(8)14(18,19)20/h1-6,21H,7H2. The van der Waals surface area contributed by atoms with Crippen molar-refractivity contribution in [2.24, 2.45) is 0 Å². The monoisotopic (exact) mass is 337 g/mol. The molecule has 0 fully saturated rings. The van der Waals surface area contributed by atoms with Gasteiger partial charge in [-0.05, 0) is 23.8 Å². The van der Waals surface area contributed by atoms with Crippen molar-refractivity contribution in [2.75, 3.05) is 5.32 Å². The molecule has 0 aliphatic heterocycles. The minimum atomic E-state index is -4.45. The van der Waals surface area contributed by atoms with Gasteiger partial charge in [-0.3, -0.25) is 0 Å². The van der Waals surface area contributed by atoms with Crippen LogP contribution in [0.5, 0.6) is 0 Å². The maximum atomic E-state index is 13.0. The first kappa shape index (κ1) is 15.9. The molecule has 0 unspecified atom stereocenters. The largest absolute Gasteiger partial charge is 0.416 e. The molecule has 0 bridgehead atoms. The van der Waals surface area contributed by atoms with Crippen LogP contribution in [0, 0.1) is 5.82 Å². The third kappa shape index (κ3) is 3.80. The van der Waals surface area contributed by atoms with Gasteiger partial charge in [0.25, 0.3) is 0 Å². The van der Waals surface area contributed by atoms with Crippen LogP contribution in [0.1, 0.15) is 11.1 Å². The van der Waals surface area contributed by atoms with E-state index in [4.69, 9.17) is 23.2 Å². The van der Waals surface area contributed by atoms with Gasteiger partial charge in [0.2, 0.25) is 0 Å². The quantitative estimate of drug-likeness (QED) is 0.701. The van der Waals surface area contributed by atoms with Gasteiger partial charge in [0.1, 0.15) is 5.82 Å². The molecule has 0 aromatic heterocycles. The Labute approximate surface area is 128 Å². The maximum Gasteiger partial charge on any atom is 0.416 e. The van der Waals surface area contributed by atoms with Crippen molar-refractivity contribution in [3.05, 3.63) is 63.4 Å². The van der Waals surface area contributed by atoms with Gasteiger partial charge in [0.15, 0.2) is 0 Å². The summed E-state index contributed by atoms with van der Waals surface area (Å²) in [6, 6.07) is 7.22. The predicted octanol–water partition coefficient (Wildman–Crippen LogP) is 5.76. The van der Waals surface area contributed by atoms with E-state index in [1.54, 1.807) is 0 Å². The molecule has 112 valence electrons. The molecule has 0 aliphatic rings. The Kier molecular flexibility index (Phi) is 4.64. The number of anilines is 1. The number of rotatable bonds is 3. The molecule has 0 saturated carbocycles. The van der Waals surface area contributed by atoms with Gasteiger partial charge >= 0.3 is 6.18 Å². The van der Waals surface area contributed by atoms with Crippen LogP contribution in [0.4, 0.5) is 23.2 Å². The smallest absolute Gasteiger partial charge is 0.379 e. The van der Waals surface area contributed by atoms with Crippen LogP contribution in [0.2, 0.25) is 10.0 Å². The van der Waals surface area contributed by atoms with Crippen molar-refractivity contribution < 1.29 is 17.6 Å². The molecule has 21 heavy (non-hydrogen) atoms. The summed E-state index contributed by atoms with van der Waals surface area (Å²) in [7, 11) is 0. The molecule has 1 nitrogen and oxygen atoms in total. The number of alkyl halides is 3. The molecule has 2 rings (SSSR count). The highest BCUT2D eigenvalue weighted by atomic mass is 35.5. The van der Waals surface area contributed by atoms with Gasteiger partial charge in [-0.1, -0.05) is 41.4 Å². The van der Waals surface area contributed by atoms with E-state index in [1.165, 1.54) is 18.2 Å². The summed E-state index contributed by atoms with van der Waals surface area (Å²) < 4.78 is 51.6. The molecule has 1 N–H and O–H groups in total. The Morgan fingerprint density at radius 3 is 2.14 bits per heavy atom. The fourth-order valence-corrected chi connectivity index (χ4v) is 2.44. The Hall–Kier alpha value is -1.46. The van der Waals surface area contributed by atoms with Crippen molar-refractivity contribution in [3.8, 4) is 0 Å². The van der Waals surface area contributed by atoms with Crippen molar-refractivity contribution in [2.45, 2.75) is 12.7 Å². The van der Waals surface area contributed by atoms with E-state index in [0.29, 0.717) is 0 Å². The molecular formula is C14H9Cl2F4N. The van der Waals surface area contributed by atoms with Crippen molar-refractivity contribution in [3.63, 3.8) is 0 Å². The molecule has 0 amide bonds. The number of halogens is 6. The van der Waals surface area contributed by atoms with Gasteiger partial charge in [0, 0.05) is 6.54 Å². The van der Waals surface area contributed by atoms with Crippen molar-refractivity contribution >= 4 is 28.9 Å². The van der Waals surface area contributed by atoms with E-state index in [1.807, 2.05) is 0 Å². The molecular weight excluding hydrogens is 329 g/mol. The molecule has 0 aliphatic carbocycles. The SMILES string of the molecule is Fc1cc(Cl)c(NCc2ccccc2C(F)(F)F)c(Cl)c1. The molecule has 7 heteroatoms. The lowest BCUT2D eigenvalue weighted by Gasteiger charge is -2.15.